The Morgan fingerprint density at radius 2 is 2.36 bits per heavy atom. The Labute approximate surface area is 85.5 Å². The van der Waals surface area contributed by atoms with Gasteiger partial charge in [-0.3, -0.25) is 0 Å². The average Bonchev–Trinajstić information content (AvgIpc) is 2.69. The largest absolute Gasteiger partial charge is 0.472 e. The molecule has 1 fully saturated rings. The highest BCUT2D eigenvalue weighted by Crippen LogP contribution is 2.35. The van der Waals surface area contributed by atoms with Crippen LogP contribution >= 0.6 is 0 Å². The van der Waals surface area contributed by atoms with Gasteiger partial charge in [-0.15, -0.1) is 0 Å². The zero-order valence-electron chi connectivity index (χ0n) is 8.78. The van der Waals surface area contributed by atoms with Crippen LogP contribution in [0.3, 0.4) is 0 Å². The third kappa shape index (κ3) is 2.01. The summed E-state index contributed by atoms with van der Waals surface area (Å²) >= 11 is 0. The molecule has 1 aromatic rings. The second-order valence-corrected chi connectivity index (χ2v) is 4.61. The molecule has 0 bridgehead atoms. The number of furan rings is 1. The summed E-state index contributed by atoms with van der Waals surface area (Å²) in [7, 11) is 0. The molecule has 0 aromatic carbocycles. The Morgan fingerprint density at radius 3 is 3.00 bits per heavy atom. The van der Waals surface area contributed by atoms with Crippen LogP contribution in [0, 0.1) is 11.8 Å². The molecule has 3 atom stereocenters. The van der Waals surface area contributed by atoms with Crippen molar-refractivity contribution >= 4 is 0 Å². The predicted molar refractivity (Wildman–Crippen MR) is 56.8 cm³/mol. The van der Waals surface area contributed by atoms with Gasteiger partial charge >= 0.3 is 0 Å². The number of hydrogen-bond donors (Lipinski definition) is 1. The van der Waals surface area contributed by atoms with Gasteiger partial charge < -0.3 is 10.2 Å². The van der Waals surface area contributed by atoms with Crippen molar-refractivity contribution in [3.63, 3.8) is 0 Å². The fraction of sp³-hybridized carbons (Fsp3) is 0.667. The molecule has 2 rings (SSSR count). The van der Waals surface area contributed by atoms with Crippen molar-refractivity contribution < 1.29 is 4.42 Å². The van der Waals surface area contributed by atoms with Crippen LogP contribution in [0.15, 0.2) is 23.0 Å². The summed E-state index contributed by atoms with van der Waals surface area (Å²) in [6.45, 7) is 2.33. The van der Waals surface area contributed by atoms with Gasteiger partial charge in [-0.25, -0.2) is 0 Å². The fourth-order valence-electron chi connectivity index (χ4n) is 2.54. The van der Waals surface area contributed by atoms with E-state index in [1.54, 1.807) is 12.5 Å². The molecule has 2 N–H and O–H groups in total. The van der Waals surface area contributed by atoms with E-state index in [0.29, 0.717) is 5.92 Å². The van der Waals surface area contributed by atoms with Gasteiger partial charge in [0.25, 0.3) is 0 Å². The smallest absolute Gasteiger partial charge is 0.0950 e. The second kappa shape index (κ2) is 4.18. The third-order valence-corrected chi connectivity index (χ3v) is 3.41. The average molecular weight is 193 g/mol. The molecule has 2 heteroatoms. The summed E-state index contributed by atoms with van der Waals surface area (Å²) in [5, 5.41) is 0. The molecule has 1 aliphatic rings. The van der Waals surface area contributed by atoms with Crippen molar-refractivity contribution in [1.29, 1.82) is 0 Å². The maximum absolute atomic E-state index is 6.22. The lowest BCUT2D eigenvalue weighted by Gasteiger charge is -2.30. The van der Waals surface area contributed by atoms with Crippen LogP contribution in [0.5, 0.6) is 0 Å². The quantitative estimate of drug-likeness (QED) is 0.783. The van der Waals surface area contributed by atoms with Crippen molar-refractivity contribution in [2.75, 3.05) is 0 Å². The van der Waals surface area contributed by atoms with Crippen LogP contribution in [0.2, 0.25) is 0 Å². The van der Waals surface area contributed by atoms with E-state index in [9.17, 15) is 0 Å². The molecule has 2 nitrogen and oxygen atoms in total. The standard InChI is InChI=1S/C12H19NO/c1-9-3-2-4-10(7-9)12(13)11-5-6-14-8-11/h5-6,8-10,12H,2-4,7,13H2,1H3. The highest BCUT2D eigenvalue weighted by Gasteiger charge is 2.25. The second-order valence-electron chi connectivity index (χ2n) is 4.61. The minimum atomic E-state index is 0.177. The van der Waals surface area contributed by atoms with E-state index in [4.69, 9.17) is 10.2 Å². The summed E-state index contributed by atoms with van der Waals surface area (Å²) in [5.41, 5.74) is 7.37. The molecule has 78 valence electrons. The van der Waals surface area contributed by atoms with E-state index < -0.39 is 0 Å². The Kier molecular flexibility index (Phi) is 2.92. The van der Waals surface area contributed by atoms with Gasteiger partial charge in [0.05, 0.1) is 12.5 Å². The molecule has 0 radical (unpaired) electrons. The molecule has 1 aliphatic carbocycles. The van der Waals surface area contributed by atoms with Gasteiger partial charge in [0.1, 0.15) is 0 Å². The molecule has 0 aliphatic heterocycles. The molecule has 0 amide bonds. The topological polar surface area (TPSA) is 39.2 Å². The van der Waals surface area contributed by atoms with Crippen molar-refractivity contribution in [2.24, 2.45) is 17.6 Å². The van der Waals surface area contributed by atoms with E-state index >= 15 is 0 Å². The van der Waals surface area contributed by atoms with Crippen LogP contribution in [0.1, 0.15) is 44.2 Å². The minimum Gasteiger partial charge on any atom is -0.472 e. The van der Waals surface area contributed by atoms with Crippen molar-refractivity contribution in [1.82, 2.24) is 0 Å². The van der Waals surface area contributed by atoms with Crippen LogP contribution in [-0.2, 0) is 0 Å². The molecular formula is C12H19NO. The monoisotopic (exact) mass is 193 g/mol. The fourth-order valence-corrected chi connectivity index (χ4v) is 2.54. The zero-order valence-corrected chi connectivity index (χ0v) is 8.78. The van der Waals surface area contributed by atoms with Gasteiger partial charge in [-0.1, -0.05) is 19.8 Å². The molecule has 14 heavy (non-hydrogen) atoms. The lowest BCUT2D eigenvalue weighted by molar-refractivity contribution is 0.247. The van der Waals surface area contributed by atoms with Crippen molar-refractivity contribution in [2.45, 2.75) is 38.6 Å². The van der Waals surface area contributed by atoms with Crippen LogP contribution in [-0.4, -0.2) is 0 Å². The molecular weight excluding hydrogens is 174 g/mol. The van der Waals surface area contributed by atoms with Crippen LogP contribution in [0.25, 0.3) is 0 Å². The summed E-state index contributed by atoms with van der Waals surface area (Å²) in [6, 6.07) is 2.17. The van der Waals surface area contributed by atoms with E-state index in [0.717, 1.165) is 11.5 Å². The number of hydrogen-bond acceptors (Lipinski definition) is 2. The number of nitrogens with two attached hydrogens (primary N) is 1. The lowest BCUT2D eigenvalue weighted by Crippen LogP contribution is -2.25. The normalized spacial score (nSPS) is 30.1. The Hall–Kier alpha value is -0.760. The lowest BCUT2D eigenvalue weighted by atomic mass is 9.77. The SMILES string of the molecule is CC1CCCC(C(N)c2ccoc2)C1. The Bertz CT molecular complexity index is 268. The van der Waals surface area contributed by atoms with Gasteiger partial charge in [-0.05, 0) is 30.7 Å². The van der Waals surface area contributed by atoms with Gasteiger partial charge in [0.2, 0.25) is 0 Å². The summed E-state index contributed by atoms with van der Waals surface area (Å²) < 4.78 is 5.07. The number of rotatable bonds is 2. The maximum Gasteiger partial charge on any atom is 0.0950 e. The first-order chi connectivity index (χ1) is 6.77. The van der Waals surface area contributed by atoms with Gasteiger partial charge in [0, 0.05) is 11.6 Å². The van der Waals surface area contributed by atoms with E-state index in [1.807, 2.05) is 6.07 Å². The highest BCUT2D eigenvalue weighted by molar-refractivity contribution is 5.12. The van der Waals surface area contributed by atoms with Gasteiger partial charge in [-0.2, -0.15) is 0 Å². The van der Waals surface area contributed by atoms with Crippen molar-refractivity contribution in [3.8, 4) is 0 Å². The summed E-state index contributed by atoms with van der Waals surface area (Å²) in [5.74, 6) is 1.49. The molecule has 0 spiro atoms. The van der Waals surface area contributed by atoms with Gasteiger partial charge in [0.15, 0.2) is 0 Å². The van der Waals surface area contributed by atoms with Crippen molar-refractivity contribution in [3.05, 3.63) is 24.2 Å². The maximum atomic E-state index is 6.22. The van der Waals surface area contributed by atoms with E-state index in [2.05, 4.69) is 6.92 Å². The molecule has 1 aromatic heterocycles. The third-order valence-electron chi connectivity index (χ3n) is 3.41. The highest BCUT2D eigenvalue weighted by atomic mass is 16.3. The molecule has 0 saturated heterocycles. The van der Waals surface area contributed by atoms with E-state index in [-0.39, 0.29) is 6.04 Å². The Morgan fingerprint density at radius 1 is 1.50 bits per heavy atom. The summed E-state index contributed by atoms with van der Waals surface area (Å²) in [4.78, 5) is 0. The van der Waals surface area contributed by atoms with Crippen LogP contribution < -0.4 is 5.73 Å². The molecule has 1 heterocycles. The summed E-state index contributed by atoms with van der Waals surface area (Å²) in [6.07, 6.45) is 8.74. The first-order valence-corrected chi connectivity index (χ1v) is 5.55. The minimum absolute atomic E-state index is 0.177. The predicted octanol–water partition coefficient (Wildman–Crippen LogP) is 3.11. The first-order valence-electron chi connectivity index (χ1n) is 5.55. The van der Waals surface area contributed by atoms with Crippen LogP contribution in [0.4, 0.5) is 0 Å². The van der Waals surface area contributed by atoms with E-state index in [1.165, 1.54) is 25.7 Å². The zero-order chi connectivity index (χ0) is 9.97. The Balaban J connectivity index is 2.00. The molecule has 3 unspecified atom stereocenters. The molecule has 1 saturated carbocycles. The first kappa shape index (κ1) is 9.78.